The van der Waals surface area contributed by atoms with Gasteiger partial charge in [0, 0.05) is 17.7 Å². The quantitative estimate of drug-likeness (QED) is 0.602. The molecule has 0 saturated heterocycles. The van der Waals surface area contributed by atoms with Crippen LogP contribution in [-0.4, -0.2) is 9.78 Å². The Balaban J connectivity index is 1.87. The second-order valence-electron chi connectivity index (χ2n) is 6.95. The van der Waals surface area contributed by atoms with Gasteiger partial charge in [0.25, 0.3) is 0 Å². The number of allylic oxidation sites excluding steroid dienone is 5. The first kappa shape index (κ1) is 15.2. The molecule has 5 rings (SSSR count). The van der Waals surface area contributed by atoms with Crippen LogP contribution < -0.4 is 0 Å². The average Bonchev–Trinajstić information content (AvgIpc) is 3.17. The lowest BCUT2D eigenvalue weighted by molar-refractivity contribution is 0.447. The van der Waals surface area contributed by atoms with E-state index in [4.69, 9.17) is 5.10 Å². The van der Waals surface area contributed by atoms with Crippen molar-refractivity contribution in [2.45, 2.75) is 13.0 Å². The zero-order chi connectivity index (χ0) is 17.5. The summed E-state index contributed by atoms with van der Waals surface area (Å²) in [5, 5.41) is 4.70. The van der Waals surface area contributed by atoms with Gasteiger partial charge in [0.1, 0.15) is 0 Å². The summed E-state index contributed by atoms with van der Waals surface area (Å²) in [7, 11) is 0. The number of aromatic nitrogens is 2. The molecule has 2 nitrogen and oxygen atoms in total. The van der Waals surface area contributed by atoms with Crippen molar-refractivity contribution in [3.63, 3.8) is 0 Å². The highest BCUT2D eigenvalue weighted by molar-refractivity contribution is 6.00. The fraction of sp³-hybridized carbons (Fsp3) is 0.125. The highest BCUT2D eigenvalue weighted by atomic mass is 15.3. The predicted molar refractivity (Wildman–Crippen MR) is 106 cm³/mol. The minimum Gasteiger partial charge on any atom is -0.257 e. The lowest BCUT2D eigenvalue weighted by atomic mass is 9.74. The minimum atomic E-state index is 0.243. The van der Waals surface area contributed by atoms with Crippen LogP contribution in [-0.2, 0) is 0 Å². The maximum Gasteiger partial charge on any atom is 0.0839 e. The molecular formula is C24H20N2. The number of nitrogens with zero attached hydrogens (tertiary/aromatic N) is 2. The van der Waals surface area contributed by atoms with Crippen molar-refractivity contribution in [2.24, 2.45) is 5.92 Å². The molecular weight excluding hydrogens is 316 g/mol. The smallest absolute Gasteiger partial charge is 0.0839 e. The first-order valence-electron chi connectivity index (χ1n) is 9.08. The van der Waals surface area contributed by atoms with E-state index in [0.29, 0.717) is 0 Å². The summed E-state index contributed by atoms with van der Waals surface area (Å²) in [6.45, 7) is 2.21. The molecule has 26 heavy (non-hydrogen) atoms. The largest absolute Gasteiger partial charge is 0.257 e. The standard InChI is InChI=1S/C24H20N2/c1-17-9-8-14-20-22(18-10-4-2-5-11-18)23(19-12-6-3-7-13-19)21-15-16-25-26(21)24(17)20/h2-16,20,24H,1H3. The number of hydrogen-bond donors (Lipinski definition) is 0. The maximum atomic E-state index is 4.70. The Morgan fingerprint density at radius 3 is 2.27 bits per heavy atom. The molecule has 0 amide bonds. The van der Waals surface area contributed by atoms with Gasteiger partial charge in [-0.25, -0.2) is 0 Å². The van der Waals surface area contributed by atoms with Crippen LogP contribution in [0.15, 0.2) is 96.7 Å². The fourth-order valence-corrected chi connectivity index (χ4v) is 4.31. The Labute approximate surface area is 153 Å². The van der Waals surface area contributed by atoms with E-state index in [1.807, 2.05) is 6.20 Å². The SMILES string of the molecule is CC1=CC=CC2C(c3ccccc3)=C(c3ccccc3)c3ccnn3C12. The van der Waals surface area contributed by atoms with E-state index in [0.717, 1.165) is 0 Å². The average molecular weight is 336 g/mol. The van der Waals surface area contributed by atoms with Crippen molar-refractivity contribution in [1.29, 1.82) is 0 Å². The second kappa shape index (κ2) is 5.99. The van der Waals surface area contributed by atoms with Gasteiger partial charge in [0.05, 0.1) is 11.7 Å². The van der Waals surface area contributed by atoms with Crippen LogP contribution in [0.3, 0.4) is 0 Å². The fourth-order valence-electron chi connectivity index (χ4n) is 4.31. The van der Waals surface area contributed by atoms with Crippen molar-refractivity contribution in [3.05, 3.63) is 114 Å². The third kappa shape index (κ3) is 2.22. The zero-order valence-corrected chi connectivity index (χ0v) is 14.7. The molecule has 0 saturated carbocycles. The molecule has 0 radical (unpaired) electrons. The van der Waals surface area contributed by atoms with Crippen molar-refractivity contribution in [1.82, 2.24) is 9.78 Å². The van der Waals surface area contributed by atoms with Gasteiger partial charge >= 0.3 is 0 Å². The van der Waals surface area contributed by atoms with Crippen LogP contribution in [0.2, 0.25) is 0 Å². The van der Waals surface area contributed by atoms with Gasteiger partial charge in [0.15, 0.2) is 0 Å². The number of benzene rings is 2. The molecule has 0 fully saturated rings. The van der Waals surface area contributed by atoms with Crippen molar-refractivity contribution in [2.75, 3.05) is 0 Å². The van der Waals surface area contributed by atoms with E-state index in [-0.39, 0.29) is 12.0 Å². The summed E-state index contributed by atoms with van der Waals surface area (Å²) in [4.78, 5) is 0. The minimum absolute atomic E-state index is 0.243. The monoisotopic (exact) mass is 336 g/mol. The Morgan fingerprint density at radius 2 is 1.54 bits per heavy atom. The van der Waals surface area contributed by atoms with E-state index in [2.05, 4.69) is 96.6 Å². The summed E-state index contributed by atoms with van der Waals surface area (Å²) < 4.78 is 2.20. The normalized spacial score (nSPS) is 21.2. The molecule has 2 aromatic carbocycles. The van der Waals surface area contributed by atoms with E-state index >= 15 is 0 Å². The molecule has 0 bridgehead atoms. The lowest BCUT2D eigenvalue weighted by Crippen LogP contribution is -2.29. The van der Waals surface area contributed by atoms with Crippen LogP contribution in [0.1, 0.15) is 29.8 Å². The Hall–Kier alpha value is -3.13. The van der Waals surface area contributed by atoms with Gasteiger partial charge in [-0.05, 0) is 35.3 Å². The van der Waals surface area contributed by atoms with Crippen LogP contribution >= 0.6 is 0 Å². The lowest BCUT2D eigenvalue weighted by Gasteiger charge is -2.37. The molecule has 2 atom stereocenters. The molecule has 3 aromatic rings. The first-order valence-corrected chi connectivity index (χ1v) is 9.08. The summed E-state index contributed by atoms with van der Waals surface area (Å²) in [5.41, 5.74) is 7.75. The Morgan fingerprint density at radius 1 is 0.846 bits per heavy atom. The van der Waals surface area contributed by atoms with Gasteiger partial charge in [-0.1, -0.05) is 78.9 Å². The molecule has 0 spiro atoms. The highest BCUT2D eigenvalue weighted by Crippen LogP contribution is 2.49. The Bertz CT molecular complexity index is 1040. The molecule has 126 valence electrons. The van der Waals surface area contributed by atoms with Crippen LogP contribution in [0.5, 0.6) is 0 Å². The zero-order valence-electron chi connectivity index (χ0n) is 14.7. The third-order valence-corrected chi connectivity index (χ3v) is 5.42. The second-order valence-corrected chi connectivity index (χ2v) is 6.95. The predicted octanol–water partition coefficient (Wildman–Crippen LogP) is 5.53. The number of fused-ring (bicyclic) bond motifs is 3. The summed E-state index contributed by atoms with van der Waals surface area (Å²) in [6, 6.07) is 23.9. The topological polar surface area (TPSA) is 17.8 Å². The molecule has 2 aliphatic rings. The van der Waals surface area contributed by atoms with Crippen molar-refractivity contribution >= 4 is 11.1 Å². The highest BCUT2D eigenvalue weighted by Gasteiger charge is 2.37. The first-order chi connectivity index (χ1) is 12.8. The summed E-state index contributed by atoms with van der Waals surface area (Å²) in [5.74, 6) is 0.282. The van der Waals surface area contributed by atoms with E-state index in [1.54, 1.807) is 0 Å². The van der Waals surface area contributed by atoms with Gasteiger partial charge in [0.2, 0.25) is 0 Å². The van der Waals surface area contributed by atoms with Crippen molar-refractivity contribution in [3.8, 4) is 0 Å². The maximum absolute atomic E-state index is 4.70. The molecule has 1 aliphatic heterocycles. The van der Waals surface area contributed by atoms with Crippen LogP contribution in [0.4, 0.5) is 0 Å². The third-order valence-electron chi connectivity index (χ3n) is 5.42. The van der Waals surface area contributed by atoms with Gasteiger partial charge < -0.3 is 0 Å². The number of hydrogen-bond acceptors (Lipinski definition) is 1. The van der Waals surface area contributed by atoms with Crippen LogP contribution in [0, 0.1) is 5.92 Å². The molecule has 2 heterocycles. The van der Waals surface area contributed by atoms with Gasteiger partial charge in [-0.3, -0.25) is 4.68 Å². The summed E-state index contributed by atoms with van der Waals surface area (Å²) in [6.07, 6.45) is 8.65. The molecule has 2 unspecified atom stereocenters. The molecule has 2 heteroatoms. The van der Waals surface area contributed by atoms with E-state index < -0.39 is 0 Å². The molecule has 0 N–H and O–H groups in total. The van der Waals surface area contributed by atoms with Gasteiger partial charge in [-0.2, -0.15) is 5.10 Å². The Kier molecular flexibility index (Phi) is 3.49. The van der Waals surface area contributed by atoms with Crippen molar-refractivity contribution < 1.29 is 0 Å². The van der Waals surface area contributed by atoms with E-state index in [9.17, 15) is 0 Å². The van der Waals surface area contributed by atoms with E-state index in [1.165, 1.54) is 33.5 Å². The molecule has 1 aliphatic carbocycles. The summed E-state index contributed by atoms with van der Waals surface area (Å²) >= 11 is 0. The van der Waals surface area contributed by atoms with Gasteiger partial charge in [-0.15, -0.1) is 0 Å². The number of rotatable bonds is 2. The van der Waals surface area contributed by atoms with Crippen LogP contribution in [0.25, 0.3) is 11.1 Å². The molecule has 1 aromatic heterocycles.